The lowest BCUT2D eigenvalue weighted by molar-refractivity contribution is 0.374. The van der Waals surface area contributed by atoms with E-state index in [0.717, 1.165) is 33.5 Å². The van der Waals surface area contributed by atoms with E-state index in [1.807, 2.05) is 56.3 Å². The zero-order chi connectivity index (χ0) is 19.0. The molecule has 27 heavy (non-hydrogen) atoms. The lowest BCUT2D eigenvalue weighted by atomic mass is 10.0. The first kappa shape index (κ1) is 17.0. The maximum absolute atomic E-state index is 12.2. The smallest absolute Gasteiger partial charge is 0.269 e. The first-order valence-electron chi connectivity index (χ1n) is 8.63. The fourth-order valence-electron chi connectivity index (χ4n) is 3.22. The van der Waals surface area contributed by atoms with Gasteiger partial charge in [0.05, 0.1) is 31.1 Å². The van der Waals surface area contributed by atoms with E-state index in [-0.39, 0.29) is 5.56 Å². The first-order valence-corrected chi connectivity index (χ1v) is 8.63. The Labute approximate surface area is 156 Å². The van der Waals surface area contributed by atoms with Crippen LogP contribution in [0.2, 0.25) is 0 Å². The van der Waals surface area contributed by atoms with E-state index in [1.165, 1.54) is 6.20 Å². The molecule has 0 amide bonds. The van der Waals surface area contributed by atoms with E-state index >= 15 is 0 Å². The second-order valence-electron chi connectivity index (χ2n) is 6.40. The number of ether oxygens (including phenoxy) is 1. The molecule has 0 aliphatic carbocycles. The molecule has 0 radical (unpaired) electrons. The Balaban J connectivity index is 1.80. The van der Waals surface area contributed by atoms with Crippen molar-refractivity contribution >= 4 is 10.8 Å². The van der Waals surface area contributed by atoms with Crippen molar-refractivity contribution in [3.8, 4) is 17.0 Å². The largest absolute Gasteiger partial charge is 0.496 e. The minimum atomic E-state index is -0.168. The normalized spacial score (nSPS) is 11.1. The highest BCUT2D eigenvalue weighted by molar-refractivity contribution is 5.98. The molecule has 136 valence electrons. The highest BCUT2D eigenvalue weighted by atomic mass is 16.5. The third-order valence-corrected chi connectivity index (χ3v) is 4.80. The van der Waals surface area contributed by atoms with Crippen LogP contribution in [-0.4, -0.2) is 21.8 Å². The van der Waals surface area contributed by atoms with Crippen molar-refractivity contribution in [1.82, 2.24) is 14.7 Å². The number of rotatable bonds is 4. The SMILES string of the molecule is COc1ccc2ccccc2c1-c1cc(Cn2c(C)c(C)ncc2=O)on1. The number of nitrogens with zero attached hydrogens (tertiary/aromatic N) is 3. The molecule has 0 bridgehead atoms. The van der Waals surface area contributed by atoms with Gasteiger partial charge in [-0.05, 0) is 30.7 Å². The number of aromatic nitrogens is 3. The third kappa shape index (κ3) is 2.99. The quantitative estimate of drug-likeness (QED) is 0.554. The van der Waals surface area contributed by atoms with Crippen LogP contribution in [0, 0.1) is 13.8 Å². The van der Waals surface area contributed by atoms with E-state index in [9.17, 15) is 4.79 Å². The average molecular weight is 361 g/mol. The summed E-state index contributed by atoms with van der Waals surface area (Å²) in [4.78, 5) is 16.3. The molecule has 0 saturated heterocycles. The summed E-state index contributed by atoms with van der Waals surface area (Å²) < 4.78 is 12.7. The molecule has 0 unspecified atom stereocenters. The Kier molecular flexibility index (Phi) is 4.24. The van der Waals surface area contributed by atoms with E-state index < -0.39 is 0 Å². The Bertz CT molecular complexity index is 1190. The zero-order valence-corrected chi connectivity index (χ0v) is 15.4. The second kappa shape index (κ2) is 6.72. The number of hydrogen-bond acceptors (Lipinski definition) is 5. The predicted octanol–water partition coefficient (Wildman–Crippen LogP) is 3.73. The fraction of sp³-hybridized carbons (Fsp3) is 0.190. The molecule has 0 saturated carbocycles. The van der Waals surface area contributed by atoms with Crippen molar-refractivity contribution < 1.29 is 9.26 Å². The van der Waals surface area contributed by atoms with Gasteiger partial charge in [0.15, 0.2) is 5.76 Å². The van der Waals surface area contributed by atoms with Crippen LogP contribution in [0.1, 0.15) is 17.1 Å². The van der Waals surface area contributed by atoms with Crippen LogP contribution in [0.5, 0.6) is 5.75 Å². The first-order chi connectivity index (χ1) is 13.1. The molecule has 4 rings (SSSR count). The summed E-state index contributed by atoms with van der Waals surface area (Å²) in [6.07, 6.45) is 1.33. The van der Waals surface area contributed by atoms with E-state index in [1.54, 1.807) is 11.7 Å². The molecule has 0 fully saturated rings. The summed E-state index contributed by atoms with van der Waals surface area (Å²) in [5.41, 5.74) is 3.00. The van der Waals surface area contributed by atoms with E-state index in [4.69, 9.17) is 9.26 Å². The Morgan fingerprint density at radius 3 is 2.78 bits per heavy atom. The maximum atomic E-state index is 12.2. The van der Waals surface area contributed by atoms with Gasteiger partial charge in [-0.15, -0.1) is 0 Å². The van der Waals surface area contributed by atoms with Crippen LogP contribution in [0.3, 0.4) is 0 Å². The highest BCUT2D eigenvalue weighted by Gasteiger charge is 2.16. The molecule has 0 aliphatic heterocycles. The number of benzene rings is 2. The summed E-state index contributed by atoms with van der Waals surface area (Å²) in [5, 5.41) is 6.36. The van der Waals surface area contributed by atoms with Crippen molar-refractivity contribution in [2.45, 2.75) is 20.4 Å². The molecular formula is C21H19N3O3. The molecule has 4 aromatic rings. The molecule has 2 heterocycles. The summed E-state index contributed by atoms with van der Waals surface area (Å²) in [5.74, 6) is 1.32. The van der Waals surface area contributed by atoms with Gasteiger partial charge in [0, 0.05) is 11.8 Å². The summed E-state index contributed by atoms with van der Waals surface area (Å²) in [6.45, 7) is 4.04. The number of aryl methyl sites for hydroxylation is 1. The highest BCUT2D eigenvalue weighted by Crippen LogP contribution is 2.36. The van der Waals surface area contributed by atoms with Gasteiger partial charge in [-0.25, -0.2) is 0 Å². The molecule has 0 spiro atoms. The molecule has 6 heteroatoms. The Morgan fingerprint density at radius 1 is 1.15 bits per heavy atom. The van der Waals surface area contributed by atoms with Crippen molar-refractivity contribution in [1.29, 1.82) is 0 Å². The molecule has 6 nitrogen and oxygen atoms in total. The van der Waals surface area contributed by atoms with Crippen molar-refractivity contribution in [3.63, 3.8) is 0 Å². The van der Waals surface area contributed by atoms with Crippen molar-refractivity contribution in [2.24, 2.45) is 0 Å². The second-order valence-corrected chi connectivity index (χ2v) is 6.40. The van der Waals surface area contributed by atoms with Crippen LogP contribution in [0.15, 0.2) is 58.0 Å². The molecule has 2 aromatic carbocycles. The van der Waals surface area contributed by atoms with Gasteiger partial charge in [-0.2, -0.15) is 0 Å². The molecule has 0 atom stereocenters. The van der Waals surface area contributed by atoms with Gasteiger partial charge in [0.25, 0.3) is 5.56 Å². The molecular weight excluding hydrogens is 342 g/mol. The van der Waals surface area contributed by atoms with Crippen LogP contribution < -0.4 is 10.3 Å². The van der Waals surface area contributed by atoms with E-state index in [0.29, 0.717) is 18.0 Å². The lowest BCUT2D eigenvalue weighted by Gasteiger charge is -2.09. The van der Waals surface area contributed by atoms with Gasteiger partial charge >= 0.3 is 0 Å². The average Bonchev–Trinajstić information content (AvgIpc) is 3.15. The third-order valence-electron chi connectivity index (χ3n) is 4.80. The van der Waals surface area contributed by atoms with E-state index in [2.05, 4.69) is 10.1 Å². The topological polar surface area (TPSA) is 70.2 Å². The van der Waals surface area contributed by atoms with Crippen LogP contribution in [0.4, 0.5) is 0 Å². The molecule has 0 aliphatic rings. The molecule has 0 N–H and O–H groups in total. The molecule has 2 aromatic heterocycles. The van der Waals surface area contributed by atoms with Gasteiger partial charge in [0.2, 0.25) is 0 Å². The number of fused-ring (bicyclic) bond motifs is 1. The Morgan fingerprint density at radius 2 is 1.96 bits per heavy atom. The predicted molar refractivity (Wildman–Crippen MR) is 103 cm³/mol. The summed E-state index contributed by atoms with van der Waals surface area (Å²) in [7, 11) is 1.64. The standard InChI is InChI=1S/C21H19N3O3/c1-13-14(2)24(20(25)11-22-13)12-16-10-18(23-27-16)21-17-7-5-4-6-15(17)8-9-19(21)26-3/h4-11H,12H2,1-3H3. The van der Waals surface area contributed by atoms with Crippen LogP contribution >= 0.6 is 0 Å². The Hall–Kier alpha value is -3.41. The summed E-state index contributed by atoms with van der Waals surface area (Å²) in [6, 6.07) is 13.8. The van der Waals surface area contributed by atoms with Gasteiger partial charge in [0.1, 0.15) is 11.4 Å². The van der Waals surface area contributed by atoms with Crippen molar-refractivity contribution in [3.05, 3.63) is 76.2 Å². The van der Waals surface area contributed by atoms with Gasteiger partial charge < -0.3 is 13.8 Å². The monoisotopic (exact) mass is 361 g/mol. The minimum Gasteiger partial charge on any atom is -0.496 e. The number of methoxy groups -OCH3 is 1. The minimum absolute atomic E-state index is 0.168. The van der Waals surface area contributed by atoms with Crippen molar-refractivity contribution in [2.75, 3.05) is 7.11 Å². The van der Waals surface area contributed by atoms with Crippen LogP contribution in [-0.2, 0) is 6.54 Å². The number of hydrogen-bond donors (Lipinski definition) is 0. The fourth-order valence-corrected chi connectivity index (χ4v) is 3.22. The zero-order valence-electron chi connectivity index (χ0n) is 15.4. The summed E-state index contributed by atoms with van der Waals surface area (Å²) >= 11 is 0. The van der Waals surface area contributed by atoms with Gasteiger partial charge in [-0.1, -0.05) is 35.5 Å². The maximum Gasteiger partial charge on any atom is 0.269 e. The van der Waals surface area contributed by atoms with Gasteiger partial charge in [-0.3, -0.25) is 9.78 Å². The van der Waals surface area contributed by atoms with Crippen LogP contribution in [0.25, 0.3) is 22.0 Å². The lowest BCUT2D eigenvalue weighted by Crippen LogP contribution is -2.23.